The van der Waals surface area contributed by atoms with Gasteiger partial charge in [-0.2, -0.15) is 0 Å². The fourth-order valence-electron chi connectivity index (χ4n) is 5.84. The second-order valence-electron chi connectivity index (χ2n) is 10.2. The van der Waals surface area contributed by atoms with Crippen LogP contribution in [0.4, 0.5) is 0 Å². The lowest BCUT2D eigenvalue weighted by atomic mass is 9.81. The Morgan fingerprint density at radius 2 is 1.84 bits per heavy atom. The molecule has 3 N–H and O–H groups in total. The van der Waals surface area contributed by atoms with Crippen molar-refractivity contribution in [1.29, 1.82) is 0 Å². The maximum atomic E-state index is 12.5. The summed E-state index contributed by atoms with van der Waals surface area (Å²) in [5.74, 6) is 1.00. The molecule has 4 aromatic rings. The van der Waals surface area contributed by atoms with E-state index < -0.39 is 5.91 Å². The second-order valence-corrected chi connectivity index (χ2v) is 10.2. The molecule has 6 rings (SSSR count). The zero-order chi connectivity index (χ0) is 25.6. The van der Waals surface area contributed by atoms with Crippen LogP contribution in [0.2, 0.25) is 0 Å². The average Bonchev–Trinajstić information content (AvgIpc) is 3.73. The largest absolute Gasteiger partial charge is 0.497 e. The van der Waals surface area contributed by atoms with E-state index in [9.17, 15) is 4.79 Å². The lowest BCUT2D eigenvalue weighted by molar-refractivity contribution is 0.0999. The van der Waals surface area contributed by atoms with Crippen LogP contribution in [0.1, 0.15) is 51.0 Å². The molecule has 0 saturated heterocycles. The summed E-state index contributed by atoms with van der Waals surface area (Å²) in [4.78, 5) is 17.1. The third-order valence-corrected chi connectivity index (χ3v) is 7.97. The molecule has 1 amide bonds. The van der Waals surface area contributed by atoms with Gasteiger partial charge in [0.1, 0.15) is 18.1 Å². The van der Waals surface area contributed by atoms with E-state index in [4.69, 9.17) is 15.2 Å². The number of hydrogen-bond donors (Lipinski definition) is 2. The summed E-state index contributed by atoms with van der Waals surface area (Å²) in [6.45, 7) is 3.32. The molecule has 2 heterocycles. The fraction of sp³-hybridized carbons (Fsp3) is 0.290. The molecule has 1 aliphatic heterocycles. The summed E-state index contributed by atoms with van der Waals surface area (Å²) in [7, 11) is 1.68. The van der Waals surface area contributed by atoms with Crippen LogP contribution in [0.25, 0.3) is 10.9 Å². The topological polar surface area (TPSA) is 86.5 Å². The van der Waals surface area contributed by atoms with Crippen molar-refractivity contribution in [2.24, 2.45) is 5.73 Å². The molecule has 188 valence electrons. The van der Waals surface area contributed by atoms with E-state index >= 15 is 0 Å². The van der Waals surface area contributed by atoms with E-state index in [0.29, 0.717) is 17.9 Å². The zero-order valence-corrected chi connectivity index (χ0v) is 21.2. The Labute approximate surface area is 216 Å². The predicted octanol–water partition coefficient (Wildman–Crippen LogP) is 4.82. The number of nitrogens with one attached hydrogen (secondary N) is 1. The highest BCUT2D eigenvalue weighted by atomic mass is 16.5. The molecule has 0 bridgehead atoms. The molecule has 6 heteroatoms. The van der Waals surface area contributed by atoms with Gasteiger partial charge in [0.05, 0.1) is 12.6 Å². The molecule has 37 heavy (non-hydrogen) atoms. The van der Waals surface area contributed by atoms with Crippen LogP contribution < -0.4 is 20.5 Å². The summed E-state index contributed by atoms with van der Waals surface area (Å²) in [6.07, 6.45) is 4.64. The first-order chi connectivity index (χ1) is 18.0. The number of fused-ring (bicyclic) bond motifs is 2. The predicted molar refractivity (Wildman–Crippen MR) is 144 cm³/mol. The number of methoxy groups -OCH3 is 1. The molecule has 0 radical (unpaired) electrons. The Hall–Kier alpha value is -3.90. The van der Waals surface area contributed by atoms with E-state index in [2.05, 4.69) is 52.8 Å². The van der Waals surface area contributed by atoms with Gasteiger partial charge in [-0.25, -0.2) is 0 Å². The summed E-state index contributed by atoms with van der Waals surface area (Å²) >= 11 is 0. The number of hydrogen-bond acceptors (Lipinski definition) is 5. The van der Waals surface area contributed by atoms with Gasteiger partial charge in [-0.1, -0.05) is 30.3 Å². The van der Waals surface area contributed by atoms with E-state index in [1.165, 1.54) is 11.1 Å². The fourth-order valence-corrected chi connectivity index (χ4v) is 5.84. The summed E-state index contributed by atoms with van der Waals surface area (Å²) in [5.41, 5.74) is 12.8. The molecular formula is C31H31N3O3. The quantitative estimate of drug-likeness (QED) is 0.385. The normalized spacial score (nSPS) is 17.7. The Balaban J connectivity index is 1.37. The second kappa shape index (κ2) is 9.20. The lowest BCUT2D eigenvalue weighted by Crippen LogP contribution is -2.40. The highest BCUT2D eigenvalue weighted by Crippen LogP contribution is 2.57. The van der Waals surface area contributed by atoms with Crippen LogP contribution in [-0.4, -0.2) is 30.6 Å². The highest BCUT2D eigenvalue weighted by molar-refractivity contribution is 5.95. The number of pyridine rings is 1. The van der Waals surface area contributed by atoms with Crippen molar-refractivity contribution in [3.8, 4) is 11.5 Å². The minimum atomic E-state index is -0.443. The highest BCUT2D eigenvalue weighted by Gasteiger charge is 2.48. The summed E-state index contributed by atoms with van der Waals surface area (Å²) in [6, 6.07) is 20.7. The monoisotopic (exact) mass is 493 g/mol. The number of rotatable bonds is 7. The van der Waals surface area contributed by atoms with Crippen molar-refractivity contribution >= 4 is 16.8 Å². The van der Waals surface area contributed by atoms with Crippen LogP contribution in [0, 0.1) is 6.92 Å². The van der Waals surface area contributed by atoms with Crippen molar-refractivity contribution < 1.29 is 14.3 Å². The molecule has 1 saturated carbocycles. The van der Waals surface area contributed by atoms with Crippen LogP contribution in [0.5, 0.6) is 11.5 Å². The zero-order valence-electron chi connectivity index (χ0n) is 21.2. The third kappa shape index (κ3) is 4.21. The van der Waals surface area contributed by atoms with Gasteiger partial charge in [0, 0.05) is 41.2 Å². The van der Waals surface area contributed by atoms with Gasteiger partial charge in [0.25, 0.3) is 0 Å². The van der Waals surface area contributed by atoms with Crippen molar-refractivity contribution in [3.05, 3.63) is 100 Å². The van der Waals surface area contributed by atoms with Crippen LogP contribution in [0.15, 0.2) is 66.9 Å². The minimum Gasteiger partial charge on any atom is -0.497 e. The van der Waals surface area contributed by atoms with Gasteiger partial charge in [-0.3, -0.25) is 9.78 Å². The number of primary amides is 1. The standard InChI is InChI=1S/C31H31N3O3/c1-19-26(30(32)35)13-24(37-18-22-12-20-6-3-4-7-21(20)17-34-22)15-27(19)31(9-10-31)28-14-23(36-2)16-29-25(28)8-5-11-33-29/h3-8,11,13-16,22,34H,9-10,12,17-18H2,1-2H3,(H2,32,35). The van der Waals surface area contributed by atoms with Crippen molar-refractivity contribution in [2.45, 2.75) is 44.2 Å². The van der Waals surface area contributed by atoms with Gasteiger partial charge >= 0.3 is 0 Å². The van der Waals surface area contributed by atoms with Gasteiger partial charge in [-0.15, -0.1) is 0 Å². The first-order valence-electron chi connectivity index (χ1n) is 12.8. The van der Waals surface area contributed by atoms with Crippen molar-refractivity contribution in [2.75, 3.05) is 13.7 Å². The number of nitrogens with two attached hydrogens (primary N) is 1. The minimum absolute atomic E-state index is 0.194. The number of carbonyl (C=O) groups excluding carboxylic acids is 1. The number of benzene rings is 3. The molecule has 1 fully saturated rings. The Kier molecular flexibility index (Phi) is 5.84. The van der Waals surface area contributed by atoms with E-state index in [-0.39, 0.29) is 11.5 Å². The van der Waals surface area contributed by atoms with Gasteiger partial charge in [0.15, 0.2) is 0 Å². The number of nitrogens with zero attached hydrogens (tertiary/aromatic N) is 1. The number of aromatic nitrogens is 1. The maximum Gasteiger partial charge on any atom is 0.249 e. The third-order valence-electron chi connectivity index (χ3n) is 7.97. The first-order valence-corrected chi connectivity index (χ1v) is 12.8. The van der Waals surface area contributed by atoms with Crippen LogP contribution in [0.3, 0.4) is 0 Å². The van der Waals surface area contributed by atoms with E-state index in [0.717, 1.165) is 59.2 Å². The smallest absolute Gasteiger partial charge is 0.249 e. The summed E-state index contributed by atoms with van der Waals surface area (Å²) < 4.78 is 12.0. The molecule has 6 nitrogen and oxygen atoms in total. The number of amides is 1. The molecule has 1 aliphatic carbocycles. The molecule has 2 aliphatic rings. The van der Waals surface area contributed by atoms with Gasteiger partial charge in [-0.05, 0) is 78.3 Å². The average molecular weight is 494 g/mol. The molecule has 3 aromatic carbocycles. The van der Waals surface area contributed by atoms with Crippen LogP contribution in [-0.2, 0) is 18.4 Å². The van der Waals surface area contributed by atoms with Gasteiger partial charge < -0.3 is 20.5 Å². The Morgan fingerprint density at radius 1 is 1.05 bits per heavy atom. The molecular weight excluding hydrogens is 462 g/mol. The first kappa shape index (κ1) is 23.5. The Morgan fingerprint density at radius 3 is 2.59 bits per heavy atom. The molecule has 1 unspecified atom stereocenters. The maximum absolute atomic E-state index is 12.5. The Bertz CT molecular complexity index is 1510. The van der Waals surface area contributed by atoms with Crippen molar-refractivity contribution in [3.63, 3.8) is 0 Å². The van der Waals surface area contributed by atoms with Crippen molar-refractivity contribution in [1.82, 2.24) is 10.3 Å². The number of carbonyl (C=O) groups is 1. The SMILES string of the molecule is COc1cc(C2(c3cc(OCC4Cc5ccccc5CN4)cc(C(N)=O)c3C)CC2)c2cccnc2c1. The lowest BCUT2D eigenvalue weighted by Gasteiger charge is -2.27. The molecule has 1 aromatic heterocycles. The summed E-state index contributed by atoms with van der Waals surface area (Å²) in [5, 5.41) is 4.67. The van der Waals surface area contributed by atoms with Gasteiger partial charge in [0.2, 0.25) is 5.91 Å². The van der Waals surface area contributed by atoms with E-state index in [1.807, 2.05) is 19.1 Å². The molecule has 0 spiro atoms. The van der Waals surface area contributed by atoms with Crippen LogP contribution >= 0.6 is 0 Å². The van der Waals surface area contributed by atoms with E-state index in [1.54, 1.807) is 19.4 Å². The molecule has 1 atom stereocenters. The number of ether oxygens (including phenoxy) is 2.